The lowest BCUT2D eigenvalue weighted by molar-refractivity contribution is -0.324. The first kappa shape index (κ1) is 19.9. The molecule has 0 saturated heterocycles. The van der Waals surface area contributed by atoms with Gasteiger partial charge in [0.1, 0.15) is 5.69 Å². The van der Waals surface area contributed by atoms with Crippen molar-refractivity contribution in [2.75, 3.05) is 5.32 Å². The van der Waals surface area contributed by atoms with E-state index in [0.717, 1.165) is 0 Å². The number of hydrogen-bond acceptors (Lipinski definition) is 1. The number of carbonyl (C=O) groups excluding carboxylic acids is 1. The lowest BCUT2D eigenvalue weighted by atomic mass is 10.0. The molecule has 1 amide bonds. The van der Waals surface area contributed by atoms with Crippen LogP contribution < -0.4 is 5.32 Å². The minimum Gasteiger partial charge on any atom is -0.318 e. The molecular weight excluding hydrogens is 378 g/mol. The average Bonchev–Trinajstić information content (AvgIpc) is 2.44. The summed E-state index contributed by atoms with van der Waals surface area (Å²) in [4.78, 5) is 10.9. The molecule has 1 aromatic rings. The number of hydrogen-bond donors (Lipinski definition) is 1. The van der Waals surface area contributed by atoms with Crippen LogP contribution in [0.25, 0.3) is 0 Å². The lowest BCUT2D eigenvalue weighted by Crippen LogP contribution is -2.61. The highest BCUT2D eigenvalue weighted by Gasteiger charge is 2.77. The van der Waals surface area contributed by atoms with Gasteiger partial charge in [-0.15, -0.1) is 0 Å². The standard InChI is InChI=1S/C10HF12NO/c11-1-2(12)4(14)6(5(15)3(1)13)23-7(24)8(16,9(17,18)19)10(20,21)22/h(H,23,24). The van der Waals surface area contributed by atoms with Crippen molar-refractivity contribution in [2.24, 2.45) is 0 Å². The second-order valence-corrected chi connectivity index (χ2v) is 4.05. The summed E-state index contributed by atoms with van der Waals surface area (Å²) in [5, 5.41) is 0.0905. The zero-order chi connectivity index (χ0) is 19.2. The molecule has 0 heterocycles. The molecule has 0 fully saturated rings. The van der Waals surface area contributed by atoms with Gasteiger partial charge in [-0.3, -0.25) is 4.79 Å². The van der Waals surface area contributed by atoms with Gasteiger partial charge in [0.15, 0.2) is 23.3 Å². The maximum atomic E-state index is 13.3. The van der Waals surface area contributed by atoms with Crippen LogP contribution in [0.4, 0.5) is 58.4 Å². The van der Waals surface area contributed by atoms with E-state index in [1.54, 1.807) is 0 Å². The van der Waals surface area contributed by atoms with Gasteiger partial charge in [0, 0.05) is 0 Å². The molecule has 0 unspecified atom stereocenters. The van der Waals surface area contributed by atoms with Gasteiger partial charge in [-0.25, -0.2) is 26.3 Å². The topological polar surface area (TPSA) is 29.1 Å². The van der Waals surface area contributed by atoms with E-state index >= 15 is 0 Å². The molecule has 0 radical (unpaired) electrons. The van der Waals surface area contributed by atoms with Crippen molar-refractivity contribution in [1.29, 1.82) is 0 Å². The van der Waals surface area contributed by atoms with Gasteiger partial charge in [0.05, 0.1) is 0 Å². The molecule has 0 aliphatic carbocycles. The summed E-state index contributed by atoms with van der Waals surface area (Å²) in [6.45, 7) is 0. The Balaban J connectivity index is 3.49. The van der Waals surface area contributed by atoms with Crippen LogP contribution in [0.2, 0.25) is 0 Å². The van der Waals surface area contributed by atoms with Gasteiger partial charge in [-0.05, 0) is 0 Å². The largest absolute Gasteiger partial charge is 0.441 e. The van der Waals surface area contributed by atoms with Crippen molar-refractivity contribution < 1.29 is 57.5 Å². The lowest BCUT2D eigenvalue weighted by Gasteiger charge is -2.28. The number of benzene rings is 1. The first-order valence-corrected chi connectivity index (χ1v) is 5.22. The predicted octanol–water partition coefficient (Wildman–Crippen LogP) is 4.15. The van der Waals surface area contributed by atoms with Crippen LogP contribution in [0, 0.1) is 29.1 Å². The maximum Gasteiger partial charge on any atom is 0.441 e. The van der Waals surface area contributed by atoms with Crippen molar-refractivity contribution in [3.63, 3.8) is 0 Å². The Morgan fingerprint density at radius 3 is 1.21 bits per heavy atom. The molecule has 1 N–H and O–H groups in total. The van der Waals surface area contributed by atoms with Crippen molar-refractivity contribution in [1.82, 2.24) is 0 Å². The Kier molecular flexibility index (Phi) is 4.75. The highest BCUT2D eigenvalue weighted by Crippen LogP contribution is 2.47. The molecule has 2 nitrogen and oxygen atoms in total. The van der Waals surface area contributed by atoms with Gasteiger partial charge in [0.2, 0.25) is 5.82 Å². The summed E-state index contributed by atoms with van der Waals surface area (Å²) < 4.78 is 151. The summed E-state index contributed by atoms with van der Waals surface area (Å²) in [7, 11) is 0. The quantitative estimate of drug-likeness (QED) is 0.467. The van der Waals surface area contributed by atoms with Crippen LogP contribution in [0.5, 0.6) is 0 Å². The Morgan fingerprint density at radius 2 is 0.917 bits per heavy atom. The third kappa shape index (κ3) is 2.84. The third-order valence-corrected chi connectivity index (χ3v) is 2.54. The summed E-state index contributed by atoms with van der Waals surface area (Å²) in [5.41, 5.74) is -9.24. The van der Waals surface area contributed by atoms with Crippen LogP contribution in [-0.2, 0) is 4.79 Å². The van der Waals surface area contributed by atoms with E-state index < -0.39 is 58.7 Å². The van der Waals surface area contributed by atoms with Crippen molar-refractivity contribution in [3.05, 3.63) is 29.1 Å². The summed E-state index contributed by atoms with van der Waals surface area (Å²) >= 11 is 0. The summed E-state index contributed by atoms with van der Waals surface area (Å²) in [5.74, 6) is -18.1. The number of halogens is 12. The molecule has 0 spiro atoms. The van der Waals surface area contributed by atoms with E-state index in [2.05, 4.69) is 0 Å². The Morgan fingerprint density at radius 1 is 0.625 bits per heavy atom. The average molecular weight is 379 g/mol. The molecule has 136 valence electrons. The fraction of sp³-hybridized carbons (Fsp3) is 0.300. The SMILES string of the molecule is O=C(Nc1c(F)c(F)c(F)c(F)c1F)C(F)(C(F)(F)F)C(F)(F)F. The number of alkyl halides is 7. The molecule has 0 bridgehead atoms. The van der Waals surface area contributed by atoms with E-state index in [4.69, 9.17) is 0 Å². The number of amides is 1. The van der Waals surface area contributed by atoms with E-state index in [-0.39, 0.29) is 5.32 Å². The number of anilines is 1. The fourth-order valence-corrected chi connectivity index (χ4v) is 1.33. The molecule has 24 heavy (non-hydrogen) atoms. The molecule has 0 aliphatic heterocycles. The van der Waals surface area contributed by atoms with Crippen LogP contribution in [-0.4, -0.2) is 23.9 Å². The van der Waals surface area contributed by atoms with E-state index in [0.29, 0.717) is 0 Å². The Labute approximate surface area is 123 Å². The molecular formula is C10HF12NO. The highest BCUT2D eigenvalue weighted by molar-refractivity contribution is 5.98. The first-order chi connectivity index (χ1) is 10.6. The van der Waals surface area contributed by atoms with Crippen molar-refractivity contribution in [2.45, 2.75) is 18.0 Å². The number of carbonyl (C=O) groups is 1. The monoisotopic (exact) mass is 379 g/mol. The van der Waals surface area contributed by atoms with Crippen LogP contribution in [0.1, 0.15) is 0 Å². The van der Waals surface area contributed by atoms with E-state index in [9.17, 15) is 57.5 Å². The predicted molar refractivity (Wildman–Crippen MR) is 50.8 cm³/mol. The van der Waals surface area contributed by atoms with Crippen LogP contribution in [0.3, 0.4) is 0 Å². The molecule has 1 aromatic carbocycles. The molecule has 0 aliphatic rings. The maximum absolute atomic E-state index is 13.3. The summed E-state index contributed by atoms with van der Waals surface area (Å²) in [6.07, 6.45) is -13.9. The molecule has 0 saturated carbocycles. The van der Waals surface area contributed by atoms with Gasteiger partial charge >= 0.3 is 18.0 Å². The van der Waals surface area contributed by atoms with Crippen molar-refractivity contribution in [3.8, 4) is 0 Å². The fourth-order valence-electron chi connectivity index (χ4n) is 1.33. The molecule has 14 heteroatoms. The van der Waals surface area contributed by atoms with Crippen molar-refractivity contribution >= 4 is 11.6 Å². The number of rotatable bonds is 2. The van der Waals surface area contributed by atoms with Gasteiger partial charge in [0.25, 0.3) is 5.91 Å². The minimum atomic E-state index is -6.95. The molecule has 1 rings (SSSR count). The third-order valence-electron chi connectivity index (χ3n) is 2.54. The van der Waals surface area contributed by atoms with E-state index in [1.807, 2.05) is 0 Å². The first-order valence-electron chi connectivity index (χ1n) is 5.22. The molecule has 0 aromatic heterocycles. The summed E-state index contributed by atoms with van der Waals surface area (Å²) in [6, 6.07) is 0. The second kappa shape index (κ2) is 5.73. The van der Waals surface area contributed by atoms with Crippen LogP contribution in [0.15, 0.2) is 0 Å². The van der Waals surface area contributed by atoms with Gasteiger partial charge in [-0.2, -0.15) is 26.3 Å². The normalized spacial score (nSPS) is 13.2. The molecule has 0 atom stereocenters. The zero-order valence-corrected chi connectivity index (χ0v) is 10.4. The van der Waals surface area contributed by atoms with E-state index in [1.165, 1.54) is 0 Å². The highest BCUT2D eigenvalue weighted by atomic mass is 19.4. The Hall–Kier alpha value is -2.15. The Bertz CT molecular complexity index is 633. The smallest absolute Gasteiger partial charge is 0.318 e. The van der Waals surface area contributed by atoms with Gasteiger partial charge < -0.3 is 5.32 Å². The minimum absolute atomic E-state index is 0.0905. The second-order valence-electron chi connectivity index (χ2n) is 4.05. The van der Waals surface area contributed by atoms with Crippen LogP contribution >= 0.6 is 0 Å². The zero-order valence-electron chi connectivity index (χ0n) is 10.4. The van der Waals surface area contributed by atoms with Gasteiger partial charge in [-0.1, -0.05) is 0 Å². The number of nitrogens with one attached hydrogen (secondary N) is 1.